The van der Waals surface area contributed by atoms with E-state index in [-0.39, 0.29) is 17.6 Å². The molecule has 9 heteroatoms. The minimum absolute atomic E-state index is 0.0529. The predicted molar refractivity (Wildman–Crippen MR) is 98.4 cm³/mol. The van der Waals surface area contributed by atoms with Crippen molar-refractivity contribution in [1.82, 2.24) is 19.9 Å². The summed E-state index contributed by atoms with van der Waals surface area (Å²) in [5, 5.41) is 8.57. The number of benzene rings is 1. The van der Waals surface area contributed by atoms with Crippen molar-refractivity contribution in [3.63, 3.8) is 0 Å². The van der Waals surface area contributed by atoms with Crippen molar-refractivity contribution >= 4 is 22.8 Å². The molecule has 2 aromatic heterocycles. The van der Waals surface area contributed by atoms with Crippen LogP contribution in [0.5, 0.6) is 5.75 Å². The maximum absolute atomic E-state index is 13.2. The molecule has 3 aromatic rings. The Hall–Kier alpha value is -3.36. The third-order valence-corrected chi connectivity index (χ3v) is 5.01. The fourth-order valence-electron chi connectivity index (χ4n) is 3.55. The second kappa shape index (κ2) is 6.99. The maximum Gasteiger partial charge on any atom is 0.360 e. The van der Waals surface area contributed by atoms with E-state index in [1.54, 1.807) is 41.9 Å². The van der Waals surface area contributed by atoms with Gasteiger partial charge in [0.25, 0.3) is 5.91 Å². The molecule has 146 valence electrons. The van der Waals surface area contributed by atoms with Crippen molar-refractivity contribution in [2.24, 2.45) is 0 Å². The highest BCUT2D eigenvalue weighted by molar-refractivity contribution is 6.07. The number of ether oxygens (including phenoxy) is 2. The molecule has 4 rings (SSSR count). The number of rotatable bonds is 4. The van der Waals surface area contributed by atoms with E-state index < -0.39 is 5.97 Å². The third kappa shape index (κ3) is 2.98. The Morgan fingerprint density at radius 1 is 1.29 bits per heavy atom. The van der Waals surface area contributed by atoms with Gasteiger partial charge >= 0.3 is 5.97 Å². The fraction of sp³-hybridized carbons (Fsp3) is 0.368. The number of methoxy groups -OCH3 is 2. The van der Waals surface area contributed by atoms with Gasteiger partial charge in [-0.25, -0.2) is 9.48 Å². The Kier molecular flexibility index (Phi) is 4.50. The average molecular weight is 384 g/mol. The largest absolute Gasteiger partial charge is 0.497 e. The number of aryl methyl sites for hydroxylation is 1. The lowest BCUT2D eigenvalue weighted by Crippen LogP contribution is -2.29. The van der Waals surface area contributed by atoms with E-state index in [0.717, 1.165) is 5.39 Å². The number of carbonyl (C=O) groups excluding carboxylic acids is 2. The molecule has 9 nitrogen and oxygen atoms in total. The van der Waals surface area contributed by atoms with Crippen LogP contribution in [0.15, 0.2) is 28.8 Å². The zero-order valence-corrected chi connectivity index (χ0v) is 15.8. The number of aromatic nitrogens is 3. The lowest BCUT2D eigenvalue weighted by atomic mass is 10.1. The highest BCUT2D eigenvalue weighted by Crippen LogP contribution is 2.31. The topological polar surface area (TPSA) is 99.7 Å². The maximum atomic E-state index is 13.2. The number of esters is 1. The molecule has 3 heterocycles. The normalized spacial score (nSPS) is 16.5. The SMILES string of the molecule is COC(=O)c1cn([C@@H]2CCN(C(=O)c3c(C)oc4ccc(OC)cc34)C2)nn1. The van der Waals surface area contributed by atoms with Gasteiger partial charge in [0.05, 0.1) is 32.0 Å². The first-order chi connectivity index (χ1) is 13.5. The highest BCUT2D eigenvalue weighted by atomic mass is 16.5. The van der Waals surface area contributed by atoms with Crippen molar-refractivity contribution in [2.45, 2.75) is 19.4 Å². The van der Waals surface area contributed by atoms with Gasteiger partial charge in [-0.15, -0.1) is 5.10 Å². The van der Waals surface area contributed by atoms with Gasteiger partial charge in [0.2, 0.25) is 0 Å². The van der Waals surface area contributed by atoms with Gasteiger partial charge in [-0.1, -0.05) is 5.21 Å². The summed E-state index contributed by atoms with van der Waals surface area (Å²) in [6.07, 6.45) is 2.27. The van der Waals surface area contributed by atoms with Crippen LogP contribution in [0.2, 0.25) is 0 Å². The lowest BCUT2D eigenvalue weighted by molar-refractivity contribution is 0.0593. The van der Waals surface area contributed by atoms with E-state index in [1.807, 2.05) is 6.07 Å². The number of hydrogen-bond donors (Lipinski definition) is 0. The summed E-state index contributed by atoms with van der Waals surface area (Å²) in [7, 11) is 2.88. The summed E-state index contributed by atoms with van der Waals surface area (Å²) in [6, 6.07) is 5.36. The number of carbonyl (C=O) groups is 2. The zero-order valence-electron chi connectivity index (χ0n) is 15.8. The molecular weight excluding hydrogens is 364 g/mol. The summed E-state index contributed by atoms with van der Waals surface area (Å²) >= 11 is 0. The van der Waals surface area contributed by atoms with Gasteiger partial charge in [-0.3, -0.25) is 4.79 Å². The Morgan fingerprint density at radius 2 is 2.11 bits per heavy atom. The lowest BCUT2D eigenvalue weighted by Gasteiger charge is -2.16. The van der Waals surface area contributed by atoms with Crippen LogP contribution < -0.4 is 4.74 Å². The highest BCUT2D eigenvalue weighted by Gasteiger charge is 2.32. The second-order valence-electron chi connectivity index (χ2n) is 6.66. The van der Waals surface area contributed by atoms with Crippen molar-refractivity contribution in [3.8, 4) is 5.75 Å². The Bertz CT molecular complexity index is 1050. The molecule has 1 aromatic carbocycles. The van der Waals surface area contributed by atoms with Crippen molar-refractivity contribution in [3.05, 3.63) is 41.4 Å². The van der Waals surface area contributed by atoms with Crippen LogP contribution in [0, 0.1) is 6.92 Å². The molecule has 0 aliphatic carbocycles. The molecule has 0 radical (unpaired) electrons. The molecule has 0 unspecified atom stereocenters. The first-order valence-corrected chi connectivity index (χ1v) is 8.88. The number of likely N-dealkylation sites (tertiary alicyclic amines) is 1. The molecule has 0 saturated carbocycles. The first-order valence-electron chi connectivity index (χ1n) is 8.88. The molecule has 28 heavy (non-hydrogen) atoms. The minimum Gasteiger partial charge on any atom is -0.497 e. The van der Waals surface area contributed by atoms with Crippen LogP contribution in [0.4, 0.5) is 0 Å². The van der Waals surface area contributed by atoms with E-state index in [9.17, 15) is 9.59 Å². The molecule has 1 fully saturated rings. The summed E-state index contributed by atoms with van der Waals surface area (Å²) in [5.41, 5.74) is 1.34. The standard InChI is InChI=1S/C19H20N4O5/c1-11-17(14-8-13(26-2)4-5-16(14)28-11)18(24)22-7-6-12(9-22)23-10-15(20-21-23)19(25)27-3/h4-5,8,10,12H,6-7,9H2,1-3H3/t12-/m1/s1. The Balaban J connectivity index is 1.57. The van der Waals surface area contributed by atoms with E-state index in [2.05, 4.69) is 15.0 Å². The second-order valence-corrected chi connectivity index (χ2v) is 6.66. The minimum atomic E-state index is -0.536. The number of nitrogens with zero attached hydrogens (tertiary/aromatic N) is 4. The third-order valence-electron chi connectivity index (χ3n) is 5.01. The molecule has 0 N–H and O–H groups in total. The average Bonchev–Trinajstić information content (AvgIpc) is 3.43. The molecule has 0 bridgehead atoms. The summed E-state index contributed by atoms with van der Waals surface area (Å²) < 4.78 is 17.3. The number of furan rings is 1. The monoisotopic (exact) mass is 384 g/mol. The van der Waals surface area contributed by atoms with Gasteiger partial charge in [-0.2, -0.15) is 0 Å². The number of hydrogen-bond acceptors (Lipinski definition) is 7. The van der Waals surface area contributed by atoms with Crippen molar-refractivity contribution in [2.75, 3.05) is 27.3 Å². The first kappa shape index (κ1) is 18.0. The van der Waals surface area contributed by atoms with E-state index in [1.165, 1.54) is 7.11 Å². The quantitative estimate of drug-likeness (QED) is 0.636. The molecular formula is C19H20N4O5. The molecule has 1 aliphatic heterocycles. The molecule has 1 saturated heterocycles. The smallest absolute Gasteiger partial charge is 0.360 e. The predicted octanol–water partition coefficient (Wildman–Crippen LogP) is 2.22. The van der Waals surface area contributed by atoms with Crippen LogP contribution in [-0.2, 0) is 4.74 Å². The summed E-state index contributed by atoms with van der Waals surface area (Å²) in [6.45, 7) is 2.83. The van der Waals surface area contributed by atoms with Gasteiger partial charge in [0.1, 0.15) is 17.1 Å². The fourth-order valence-corrected chi connectivity index (χ4v) is 3.55. The molecule has 1 atom stereocenters. The molecule has 0 spiro atoms. The van der Waals surface area contributed by atoms with Crippen LogP contribution >= 0.6 is 0 Å². The van der Waals surface area contributed by atoms with Gasteiger partial charge in [0, 0.05) is 18.5 Å². The molecule has 1 amide bonds. The Labute approximate surface area is 160 Å². The Morgan fingerprint density at radius 3 is 2.86 bits per heavy atom. The van der Waals surface area contributed by atoms with Gasteiger partial charge in [-0.05, 0) is 31.5 Å². The van der Waals surface area contributed by atoms with Crippen LogP contribution in [0.3, 0.4) is 0 Å². The number of fused-ring (bicyclic) bond motifs is 1. The van der Waals surface area contributed by atoms with E-state index in [4.69, 9.17) is 9.15 Å². The zero-order chi connectivity index (χ0) is 19.8. The summed E-state index contributed by atoms with van der Waals surface area (Å²) in [4.78, 5) is 26.5. The van der Waals surface area contributed by atoms with Crippen LogP contribution in [0.1, 0.15) is 39.1 Å². The van der Waals surface area contributed by atoms with Crippen LogP contribution in [-0.4, -0.2) is 59.1 Å². The van der Waals surface area contributed by atoms with Crippen molar-refractivity contribution in [1.29, 1.82) is 0 Å². The van der Waals surface area contributed by atoms with E-state index in [0.29, 0.717) is 42.2 Å². The van der Waals surface area contributed by atoms with Crippen LogP contribution in [0.25, 0.3) is 11.0 Å². The van der Waals surface area contributed by atoms with E-state index >= 15 is 0 Å². The molecule has 1 aliphatic rings. The van der Waals surface area contributed by atoms with Gasteiger partial charge in [0.15, 0.2) is 5.69 Å². The van der Waals surface area contributed by atoms with Crippen molar-refractivity contribution < 1.29 is 23.5 Å². The summed E-state index contributed by atoms with van der Waals surface area (Å²) in [5.74, 6) is 0.608. The number of amides is 1. The van der Waals surface area contributed by atoms with Gasteiger partial charge < -0.3 is 18.8 Å².